The Morgan fingerprint density at radius 1 is 1.26 bits per heavy atom. The number of thiazole rings is 1. The fraction of sp³-hybridized carbons (Fsp3) is 0.238. The molecule has 0 N–H and O–H groups in total. The van der Waals surface area contributed by atoms with Crippen LogP contribution in [0.3, 0.4) is 0 Å². The quantitative estimate of drug-likeness (QED) is 0.658. The van der Waals surface area contributed by atoms with E-state index in [-0.39, 0.29) is 24.2 Å². The molecule has 3 aromatic rings. The van der Waals surface area contributed by atoms with Gasteiger partial charge in [-0.3, -0.25) is 4.79 Å². The molecule has 6 heteroatoms. The van der Waals surface area contributed by atoms with Crippen molar-refractivity contribution < 1.29 is 13.9 Å². The van der Waals surface area contributed by atoms with E-state index in [4.69, 9.17) is 4.74 Å². The third-order valence-electron chi connectivity index (χ3n) is 4.58. The van der Waals surface area contributed by atoms with Crippen LogP contribution in [0.1, 0.15) is 23.2 Å². The zero-order valence-corrected chi connectivity index (χ0v) is 15.7. The van der Waals surface area contributed by atoms with Crippen molar-refractivity contribution in [2.75, 3.05) is 4.90 Å². The lowest BCUT2D eigenvalue weighted by Crippen LogP contribution is -2.36. The van der Waals surface area contributed by atoms with E-state index in [1.807, 2.05) is 28.5 Å². The van der Waals surface area contributed by atoms with Crippen molar-refractivity contribution in [1.82, 2.24) is 4.98 Å². The van der Waals surface area contributed by atoms with Crippen molar-refractivity contribution in [3.05, 3.63) is 76.0 Å². The van der Waals surface area contributed by atoms with Gasteiger partial charge in [0.15, 0.2) is 0 Å². The predicted molar refractivity (Wildman–Crippen MR) is 104 cm³/mol. The minimum atomic E-state index is -0.296. The Bertz CT molecular complexity index is 955. The molecule has 4 nitrogen and oxygen atoms in total. The molecule has 0 spiro atoms. The minimum absolute atomic E-state index is 0.0590. The second kappa shape index (κ2) is 7.48. The Kier molecular flexibility index (Phi) is 4.90. The van der Waals surface area contributed by atoms with Crippen LogP contribution in [0.5, 0.6) is 5.75 Å². The molecule has 1 amide bonds. The number of amides is 1. The van der Waals surface area contributed by atoms with Crippen molar-refractivity contribution in [2.24, 2.45) is 0 Å². The maximum atomic E-state index is 12.9. The molecular weight excluding hydrogens is 363 g/mol. The highest BCUT2D eigenvalue weighted by molar-refractivity contribution is 7.09. The normalized spacial score (nSPS) is 15.6. The van der Waals surface area contributed by atoms with Gasteiger partial charge in [0.1, 0.15) is 23.2 Å². The van der Waals surface area contributed by atoms with Gasteiger partial charge in [-0.2, -0.15) is 0 Å². The molecule has 0 aliphatic carbocycles. The van der Waals surface area contributed by atoms with Gasteiger partial charge in [-0.1, -0.05) is 18.2 Å². The lowest BCUT2D eigenvalue weighted by atomic mass is 10.1. The van der Waals surface area contributed by atoms with Crippen LogP contribution in [0.25, 0.3) is 0 Å². The largest absolute Gasteiger partial charge is 0.486 e. The number of para-hydroxylation sites is 1. The number of benzene rings is 2. The number of fused-ring (bicyclic) bond motifs is 1. The second-order valence-electron chi connectivity index (χ2n) is 6.60. The first-order valence-corrected chi connectivity index (χ1v) is 9.70. The summed E-state index contributed by atoms with van der Waals surface area (Å²) >= 11 is 1.46. The molecule has 0 saturated heterocycles. The molecule has 1 atom stereocenters. The summed E-state index contributed by atoms with van der Waals surface area (Å²) in [6.07, 6.45) is 1.15. The molecule has 1 aliphatic rings. The third kappa shape index (κ3) is 3.85. The summed E-state index contributed by atoms with van der Waals surface area (Å²) in [7, 11) is 0. The first-order chi connectivity index (χ1) is 13.1. The molecule has 0 fully saturated rings. The number of anilines is 1. The molecule has 0 saturated carbocycles. The number of rotatable bonds is 5. The molecule has 1 aliphatic heterocycles. The molecule has 1 aromatic heterocycles. The van der Waals surface area contributed by atoms with E-state index in [9.17, 15) is 9.18 Å². The van der Waals surface area contributed by atoms with Crippen LogP contribution in [-0.2, 0) is 24.2 Å². The van der Waals surface area contributed by atoms with E-state index in [2.05, 4.69) is 18.0 Å². The Morgan fingerprint density at radius 2 is 2.04 bits per heavy atom. The maximum Gasteiger partial charge on any atom is 0.233 e. The number of nitrogens with zero attached hydrogens (tertiary/aromatic N) is 2. The summed E-state index contributed by atoms with van der Waals surface area (Å²) in [5.74, 6) is 0.352. The highest BCUT2D eigenvalue weighted by Crippen LogP contribution is 2.32. The monoisotopic (exact) mass is 382 g/mol. The van der Waals surface area contributed by atoms with Gasteiger partial charge in [-0.05, 0) is 49.2 Å². The van der Waals surface area contributed by atoms with E-state index in [1.165, 1.54) is 29.0 Å². The number of carbonyl (C=O) groups is 1. The first kappa shape index (κ1) is 17.7. The van der Waals surface area contributed by atoms with Gasteiger partial charge in [-0.25, -0.2) is 9.37 Å². The molecule has 0 bridgehead atoms. The van der Waals surface area contributed by atoms with Gasteiger partial charge >= 0.3 is 0 Å². The van der Waals surface area contributed by atoms with Crippen molar-refractivity contribution in [1.29, 1.82) is 0 Å². The smallest absolute Gasteiger partial charge is 0.233 e. The van der Waals surface area contributed by atoms with E-state index in [1.54, 1.807) is 12.1 Å². The standard InChI is InChI=1S/C21H19FN2O2S/c1-14-10-15-4-2-3-5-19(15)24(14)21(25)11-17-13-27-20(23-17)12-26-18-8-6-16(22)7-9-18/h2-9,13-14H,10-12H2,1H3. The summed E-state index contributed by atoms with van der Waals surface area (Å²) in [5.41, 5.74) is 2.97. The number of hydrogen-bond acceptors (Lipinski definition) is 4. The summed E-state index contributed by atoms with van der Waals surface area (Å²) in [5, 5.41) is 2.69. The van der Waals surface area contributed by atoms with Crippen LogP contribution in [-0.4, -0.2) is 16.9 Å². The fourth-order valence-electron chi connectivity index (χ4n) is 3.36. The van der Waals surface area contributed by atoms with Crippen LogP contribution in [0.4, 0.5) is 10.1 Å². The SMILES string of the molecule is CC1Cc2ccccc2N1C(=O)Cc1csc(COc2ccc(F)cc2)n1. The molecule has 1 unspecified atom stereocenters. The Morgan fingerprint density at radius 3 is 2.85 bits per heavy atom. The van der Waals surface area contributed by atoms with Gasteiger partial charge in [0.05, 0.1) is 12.1 Å². The maximum absolute atomic E-state index is 12.9. The molecule has 138 valence electrons. The molecule has 2 aromatic carbocycles. The fourth-order valence-corrected chi connectivity index (χ4v) is 4.06. The van der Waals surface area contributed by atoms with E-state index in [0.29, 0.717) is 12.4 Å². The number of carbonyl (C=O) groups excluding carboxylic acids is 1. The zero-order chi connectivity index (χ0) is 18.8. The Balaban J connectivity index is 1.39. The van der Waals surface area contributed by atoms with E-state index in [0.717, 1.165) is 22.8 Å². The third-order valence-corrected chi connectivity index (χ3v) is 5.45. The van der Waals surface area contributed by atoms with E-state index < -0.39 is 0 Å². The van der Waals surface area contributed by atoms with Gasteiger partial charge in [0.25, 0.3) is 0 Å². The Hall–Kier alpha value is -2.73. The van der Waals surface area contributed by atoms with Crippen molar-refractivity contribution >= 4 is 22.9 Å². The van der Waals surface area contributed by atoms with Gasteiger partial charge in [-0.15, -0.1) is 11.3 Å². The minimum Gasteiger partial charge on any atom is -0.486 e. The van der Waals surface area contributed by atoms with Crippen molar-refractivity contribution in [3.8, 4) is 5.75 Å². The van der Waals surface area contributed by atoms with Crippen molar-refractivity contribution in [3.63, 3.8) is 0 Å². The molecular formula is C21H19FN2O2S. The molecule has 27 heavy (non-hydrogen) atoms. The summed E-state index contributed by atoms with van der Waals surface area (Å²) < 4.78 is 18.5. The number of halogens is 1. The summed E-state index contributed by atoms with van der Waals surface area (Å²) in [6.45, 7) is 2.37. The summed E-state index contributed by atoms with van der Waals surface area (Å²) in [6, 6.07) is 14.1. The zero-order valence-electron chi connectivity index (χ0n) is 14.9. The van der Waals surface area contributed by atoms with Gasteiger partial charge < -0.3 is 9.64 Å². The molecule has 0 radical (unpaired) electrons. The first-order valence-electron chi connectivity index (χ1n) is 8.82. The van der Waals surface area contributed by atoms with Crippen LogP contribution < -0.4 is 9.64 Å². The van der Waals surface area contributed by atoms with Gasteiger partial charge in [0.2, 0.25) is 5.91 Å². The lowest BCUT2D eigenvalue weighted by Gasteiger charge is -2.22. The lowest BCUT2D eigenvalue weighted by molar-refractivity contribution is -0.118. The number of aromatic nitrogens is 1. The van der Waals surface area contributed by atoms with Crippen LogP contribution in [0.2, 0.25) is 0 Å². The Labute approximate surface area is 161 Å². The molecule has 4 rings (SSSR count). The average molecular weight is 382 g/mol. The van der Waals surface area contributed by atoms with Crippen LogP contribution >= 0.6 is 11.3 Å². The highest BCUT2D eigenvalue weighted by Gasteiger charge is 2.30. The van der Waals surface area contributed by atoms with Crippen LogP contribution in [0, 0.1) is 5.82 Å². The topological polar surface area (TPSA) is 42.4 Å². The number of hydrogen-bond donors (Lipinski definition) is 0. The van der Waals surface area contributed by atoms with Crippen molar-refractivity contribution in [2.45, 2.75) is 32.4 Å². The average Bonchev–Trinajstić information content (AvgIpc) is 3.24. The summed E-state index contributed by atoms with van der Waals surface area (Å²) in [4.78, 5) is 19.2. The number of ether oxygens (including phenoxy) is 1. The molecule has 2 heterocycles. The van der Waals surface area contributed by atoms with E-state index >= 15 is 0 Å². The van der Waals surface area contributed by atoms with Crippen LogP contribution in [0.15, 0.2) is 53.9 Å². The highest BCUT2D eigenvalue weighted by atomic mass is 32.1. The predicted octanol–water partition coefficient (Wildman–Crippen LogP) is 4.38. The van der Waals surface area contributed by atoms with Gasteiger partial charge in [0, 0.05) is 17.1 Å². The second-order valence-corrected chi connectivity index (χ2v) is 7.54.